The first-order valence-electron chi connectivity index (χ1n) is 7.13. The van der Waals surface area contributed by atoms with Crippen molar-refractivity contribution in [3.63, 3.8) is 0 Å². The fraction of sp³-hybridized carbons (Fsp3) is 0.400. The monoisotopic (exact) mass is 440 g/mol. The van der Waals surface area contributed by atoms with Gasteiger partial charge in [0.2, 0.25) is 0 Å². The number of rotatable bonds is 10. The molecule has 0 spiro atoms. The third-order valence-electron chi connectivity index (χ3n) is 3.03. The van der Waals surface area contributed by atoms with E-state index in [-0.39, 0.29) is 24.5 Å². The second-order valence-corrected chi connectivity index (χ2v) is 5.04. The maximum absolute atomic E-state index is 13.5. The Morgan fingerprint density at radius 1 is 0.897 bits per heavy atom. The SMILES string of the molecule is COc1ccc(C(=O)/C=C(\O)C(F)(F)OC(F)(F)OC(F)(F)C(F)(F)OC)cc1. The number of hydrogen-bond acceptors (Lipinski definition) is 6. The summed E-state index contributed by atoms with van der Waals surface area (Å²) in [6, 6.07) is 4.59. The van der Waals surface area contributed by atoms with Crippen LogP contribution in [0, 0.1) is 0 Å². The number of methoxy groups -OCH3 is 2. The van der Waals surface area contributed by atoms with Crippen molar-refractivity contribution in [1.82, 2.24) is 0 Å². The summed E-state index contributed by atoms with van der Waals surface area (Å²) in [4.78, 5) is 11.7. The molecule has 0 radical (unpaired) electrons. The molecule has 0 aliphatic heterocycles. The third-order valence-corrected chi connectivity index (χ3v) is 3.03. The van der Waals surface area contributed by atoms with E-state index < -0.39 is 36.2 Å². The van der Waals surface area contributed by atoms with Crippen LogP contribution in [0.25, 0.3) is 0 Å². The number of ether oxygens (including phenoxy) is 4. The van der Waals surface area contributed by atoms with Crippen LogP contribution in [0.5, 0.6) is 5.75 Å². The minimum atomic E-state index is -6.10. The van der Waals surface area contributed by atoms with Crippen molar-refractivity contribution < 1.29 is 64.0 Å². The number of allylic oxidation sites excluding steroid dienone is 1. The number of ketones is 1. The summed E-state index contributed by atoms with van der Waals surface area (Å²) in [5.41, 5.74) is -0.303. The minimum absolute atomic E-state index is 0.00419. The van der Waals surface area contributed by atoms with Crippen LogP contribution in [0.2, 0.25) is 0 Å². The fourth-order valence-corrected chi connectivity index (χ4v) is 1.60. The van der Waals surface area contributed by atoms with E-state index in [0.29, 0.717) is 0 Å². The number of benzene rings is 1. The molecule has 0 aliphatic carbocycles. The zero-order valence-corrected chi connectivity index (χ0v) is 14.4. The summed E-state index contributed by atoms with van der Waals surface area (Å²) < 4.78 is 117. The van der Waals surface area contributed by atoms with Crippen LogP contribution in [-0.4, -0.2) is 49.7 Å². The maximum Gasteiger partial charge on any atom is 0.495 e. The Bertz CT molecular complexity index is 748. The molecule has 0 fully saturated rings. The number of hydrogen-bond donors (Lipinski definition) is 1. The van der Waals surface area contributed by atoms with Gasteiger partial charge in [-0.3, -0.25) is 4.79 Å². The van der Waals surface area contributed by atoms with Crippen LogP contribution >= 0.6 is 0 Å². The average Bonchev–Trinajstić information content (AvgIpc) is 2.59. The van der Waals surface area contributed by atoms with Crippen LogP contribution in [0.4, 0.5) is 35.1 Å². The molecule has 14 heteroatoms. The molecular weight excluding hydrogens is 428 g/mol. The van der Waals surface area contributed by atoms with Gasteiger partial charge in [-0.25, -0.2) is 9.47 Å². The highest BCUT2D eigenvalue weighted by Gasteiger charge is 2.66. The van der Waals surface area contributed by atoms with Gasteiger partial charge in [0.05, 0.1) is 7.11 Å². The lowest BCUT2D eigenvalue weighted by Gasteiger charge is -2.29. The predicted octanol–water partition coefficient (Wildman–Crippen LogP) is 4.33. The standard InChI is InChI=1S/C15H12F8O6/c1-26-9-5-3-8(4-6-9)10(24)7-11(25)12(16,17)28-15(22,23)29-14(20,21)13(18,19)27-2/h3-7,25H,1-2H3/b11-7-. The first-order chi connectivity index (χ1) is 13.1. The van der Waals surface area contributed by atoms with Gasteiger partial charge in [-0.1, -0.05) is 0 Å². The third kappa shape index (κ3) is 6.27. The molecule has 0 bridgehead atoms. The van der Waals surface area contributed by atoms with Crippen LogP contribution in [0.1, 0.15) is 10.4 Å². The largest absolute Gasteiger partial charge is 0.504 e. The maximum atomic E-state index is 13.5. The Balaban J connectivity index is 2.98. The summed E-state index contributed by atoms with van der Waals surface area (Å²) in [7, 11) is 1.29. The Kier molecular flexibility index (Phi) is 7.21. The van der Waals surface area contributed by atoms with E-state index >= 15 is 0 Å². The zero-order valence-electron chi connectivity index (χ0n) is 14.4. The minimum Gasteiger partial charge on any atom is -0.504 e. The Morgan fingerprint density at radius 2 is 1.41 bits per heavy atom. The molecule has 0 saturated carbocycles. The van der Waals surface area contributed by atoms with Gasteiger partial charge in [-0.05, 0) is 24.3 Å². The highest BCUT2D eigenvalue weighted by molar-refractivity contribution is 6.04. The van der Waals surface area contributed by atoms with Crippen LogP contribution in [0.15, 0.2) is 36.1 Å². The number of aliphatic hydroxyl groups excluding tert-OH is 1. The molecule has 6 nitrogen and oxygen atoms in total. The molecule has 1 aromatic rings. The van der Waals surface area contributed by atoms with E-state index in [9.17, 15) is 39.9 Å². The van der Waals surface area contributed by atoms with Crippen LogP contribution in [-0.2, 0) is 14.2 Å². The van der Waals surface area contributed by atoms with Gasteiger partial charge in [-0.15, -0.1) is 8.78 Å². The topological polar surface area (TPSA) is 74.2 Å². The molecule has 29 heavy (non-hydrogen) atoms. The first kappa shape index (κ1) is 24.6. The Labute approximate surface area is 157 Å². The van der Waals surface area contributed by atoms with Crippen LogP contribution < -0.4 is 4.74 Å². The number of carbonyl (C=O) groups excluding carboxylic acids is 1. The smallest absolute Gasteiger partial charge is 0.495 e. The molecule has 0 atom stereocenters. The molecule has 0 aromatic heterocycles. The zero-order chi connectivity index (χ0) is 22.7. The van der Waals surface area contributed by atoms with Crippen molar-refractivity contribution in [3.05, 3.63) is 41.7 Å². The average molecular weight is 440 g/mol. The highest BCUT2D eigenvalue weighted by atomic mass is 19.3. The summed E-state index contributed by atoms with van der Waals surface area (Å²) in [6.07, 6.45) is -23.5. The lowest BCUT2D eigenvalue weighted by Crippen LogP contribution is -2.50. The van der Waals surface area contributed by atoms with Gasteiger partial charge in [0, 0.05) is 18.7 Å². The number of alkyl halides is 8. The first-order valence-corrected chi connectivity index (χ1v) is 7.13. The molecule has 1 aromatic carbocycles. The van der Waals surface area contributed by atoms with Crippen molar-refractivity contribution in [3.8, 4) is 5.75 Å². The molecule has 0 saturated heterocycles. The van der Waals surface area contributed by atoms with E-state index in [4.69, 9.17) is 9.84 Å². The van der Waals surface area contributed by atoms with E-state index in [1.54, 1.807) is 0 Å². The van der Waals surface area contributed by atoms with E-state index in [1.165, 1.54) is 19.2 Å². The number of carbonyl (C=O) groups is 1. The predicted molar refractivity (Wildman–Crippen MR) is 77.0 cm³/mol. The molecule has 0 unspecified atom stereocenters. The summed E-state index contributed by atoms with van der Waals surface area (Å²) >= 11 is 0. The Morgan fingerprint density at radius 3 is 1.86 bits per heavy atom. The molecule has 1 N–H and O–H groups in total. The van der Waals surface area contributed by atoms with E-state index in [1.807, 2.05) is 0 Å². The van der Waals surface area contributed by atoms with Gasteiger partial charge in [0.1, 0.15) is 5.75 Å². The highest BCUT2D eigenvalue weighted by Crippen LogP contribution is 2.42. The van der Waals surface area contributed by atoms with Crippen molar-refractivity contribution >= 4 is 5.78 Å². The number of aliphatic hydroxyl groups is 1. The lowest BCUT2D eigenvalue weighted by molar-refractivity contribution is -0.548. The summed E-state index contributed by atoms with van der Waals surface area (Å²) in [5, 5.41) is 9.17. The van der Waals surface area contributed by atoms with Crippen molar-refractivity contribution in [2.24, 2.45) is 0 Å². The molecule has 1 rings (SSSR count). The van der Waals surface area contributed by atoms with Gasteiger partial charge >= 0.3 is 24.6 Å². The normalized spacial score (nSPS) is 14.1. The van der Waals surface area contributed by atoms with Gasteiger partial charge in [0.15, 0.2) is 11.5 Å². The molecule has 0 amide bonds. The fourth-order valence-electron chi connectivity index (χ4n) is 1.60. The van der Waals surface area contributed by atoms with Gasteiger partial charge < -0.3 is 14.6 Å². The second kappa shape index (κ2) is 8.51. The summed E-state index contributed by atoms with van der Waals surface area (Å²) in [5.74, 6) is -3.49. The van der Waals surface area contributed by atoms with Crippen molar-refractivity contribution in [1.29, 1.82) is 0 Å². The van der Waals surface area contributed by atoms with Crippen LogP contribution in [0.3, 0.4) is 0 Å². The quantitative estimate of drug-likeness (QED) is 0.192. The molecule has 0 heterocycles. The number of halogens is 8. The van der Waals surface area contributed by atoms with E-state index in [2.05, 4.69) is 14.2 Å². The molecule has 0 aliphatic rings. The van der Waals surface area contributed by atoms with Crippen molar-refractivity contribution in [2.45, 2.75) is 24.6 Å². The van der Waals surface area contributed by atoms with Gasteiger partial charge in [0.25, 0.3) is 0 Å². The molecule has 164 valence electrons. The lowest BCUT2D eigenvalue weighted by atomic mass is 10.1. The van der Waals surface area contributed by atoms with E-state index in [0.717, 1.165) is 12.1 Å². The summed E-state index contributed by atoms with van der Waals surface area (Å²) in [6.45, 7) is 0. The van der Waals surface area contributed by atoms with Gasteiger partial charge in [-0.2, -0.15) is 26.3 Å². The van der Waals surface area contributed by atoms with Crippen molar-refractivity contribution in [2.75, 3.05) is 14.2 Å². The Hall–Kier alpha value is -2.45. The molecular formula is C15H12F8O6. The second-order valence-electron chi connectivity index (χ2n) is 5.04.